The molecule has 0 saturated carbocycles. The van der Waals surface area contributed by atoms with Gasteiger partial charge in [0, 0.05) is 32.8 Å². The van der Waals surface area contributed by atoms with E-state index in [0.29, 0.717) is 0 Å². The number of aromatic nitrogens is 1. The number of hydrogen-bond donors (Lipinski definition) is 0. The number of benzene rings is 6. The van der Waals surface area contributed by atoms with Gasteiger partial charge in [-0.25, -0.2) is 0 Å². The lowest BCUT2D eigenvalue weighted by Crippen LogP contribution is -2.39. The van der Waals surface area contributed by atoms with E-state index in [1.807, 2.05) is 0 Å². The van der Waals surface area contributed by atoms with E-state index in [0.717, 1.165) is 55.8 Å². The summed E-state index contributed by atoms with van der Waals surface area (Å²) >= 11 is 0. The SMILES string of the molecule is C1=CC2N=C(c3ccc(-c4cccc5oc6c(-n7c8ccccc8c8ccccc87)cccc6c45)cc3)N(c3ccccc3)[C@H]2C=C1. The molecule has 222 valence electrons. The average molecular weight is 604 g/mol. The van der Waals surface area contributed by atoms with Crippen LogP contribution in [0.25, 0.3) is 60.6 Å². The molecule has 2 aromatic heterocycles. The van der Waals surface area contributed by atoms with Crippen molar-refractivity contribution in [3.63, 3.8) is 0 Å². The molecule has 0 N–H and O–H groups in total. The second kappa shape index (κ2) is 10.2. The summed E-state index contributed by atoms with van der Waals surface area (Å²) in [7, 11) is 0. The molecule has 8 aromatic rings. The molecule has 0 bridgehead atoms. The highest BCUT2D eigenvalue weighted by Gasteiger charge is 2.35. The van der Waals surface area contributed by atoms with E-state index in [4.69, 9.17) is 9.41 Å². The fraction of sp³-hybridized carbons (Fsp3) is 0.0465. The third kappa shape index (κ3) is 3.91. The van der Waals surface area contributed by atoms with Crippen molar-refractivity contribution in [1.82, 2.24) is 4.57 Å². The molecule has 2 aliphatic rings. The van der Waals surface area contributed by atoms with E-state index >= 15 is 0 Å². The van der Waals surface area contributed by atoms with Crippen LogP contribution in [0.2, 0.25) is 0 Å². The first-order chi connectivity index (χ1) is 23.3. The molecule has 1 aliphatic carbocycles. The van der Waals surface area contributed by atoms with Gasteiger partial charge >= 0.3 is 0 Å². The minimum atomic E-state index is 0.102. The maximum atomic E-state index is 6.73. The highest BCUT2D eigenvalue weighted by Crippen LogP contribution is 2.41. The van der Waals surface area contributed by atoms with Crippen molar-refractivity contribution in [2.45, 2.75) is 12.1 Å². The lowest BCUT2D eigenvalue weighted by molar-refractivity contribution is 0.666. The Morgan fingerprint density at radius 1 is 0.553 bits per heavy atom. The van der Waals surface area contributed by atoms with Crippen LogP contribution in [0.4, 0.5) is 5.69 Å². The molecule has 0 amide bonds. The molecule has 47 heavy (non-hydrogen) atoms. The summed E-state index contributed by atoms with van der Waals surface area (Å²) in [6, 6.07) is 49.8. The second-order valence-electron chi connectivity index (χ2n) is 12.3. The van der Waals surface area contributed by atoms with E-state index in [2.05, 4.69) is 173 Å². The van der Waals surface area contributed by atoms with E-state index in [-0.39, 0.29) is 12.1 Å². The van der Waals surface area contributed by atoms with Gasteiger partial charge in [0.2, 0.25) is 0 Å². The molecule has 0 spiro atoms. The smallest absolute Gasteiger partial charge is 0.159 e. The van der Waals surface area contributed by atoms with Gasteiger partial charge in [0.1, 0.15) is 11.4 Å². The first-order valence-corrected chi connectivity index (χ1v) is 16.1. The Hall–Kier alpha value is -6.13. The Balaban J connectivity index is 1.11. The molecule has 0 saturated heterocycles. The fourth-order valence-corrected chi connectivity index (χ4v) is 7.61. The number of furan rings is 1. The normalized spacial score (nSPS) is 17.3. The monoisotopic (exact) mass is 603 g/mol. The largest absolute Gasteiger partial charge is 0.454 e. The maximum absolute atomic E-state index is 6.73. The van der Waals surface area contributed by atoms with Gasteiger partial charge in [-0.1, -0.05) is 127 Å². The first-order valence-electron chi connectivity index (χ1n) is 16.1. The van der Waals surface area contributed by atoms with Crippen LogP contribution in [0.1, 0.15) is 5.56 Å². The van der Waals surface area contributed by atoms with Crippen LogP contribution in [0, 0.1) is 0 Å². The summed E-state index contributed by atoms with van der Waals surface area (Å²) < 4.78 is 9.07. The molecule has 1 aliphatic heterocycles. The van der Waals surface area contributed by atoms with E-state index in [9.17, 15) is 0 Å². The van der Waals surface area contributed by atoms with Crippen LogP contribution in [0.15, 0.2) is 173 Å². The third-order valence-electron chi connectivity index (χ3n) is 9.69. The molecular weight excluding hydrogens is 574 g/mol. The number of amidine groups is 1. The average Bonchev–Trinajstić information content (AvgIpc) is 3.82. The van der Waals surface area contributed by atoms with E-state index in [1.165, 1.54) is 21.8 Å². The van der Waals surface area contributed by atoms with Gasteiger partial charge in [-0.15, -0.1) is 0 Å². The number of anilines is 1. The second-order valence-corrected chi connectivity index (χ2v) is 12.3. The molecule has 6 aromatic carbocycles. The summed E-state index contributed by atoms with van der Waals surface area (Å²) in [5.74, 6) is 0.997. The molecule has 3 heterocycles. The lowest BCUT2D eigenvalue weighted by atomic mass is 9.98. The van der Waals surface area contributed by atoms with E-state index < -0.39 is 0 Å². The first kappa shape index (κ1) is 26.1. The van der Waals surface area contributed by atoms with Crippen LogP contribution < -0.4 is 4.90 Å². The Labute approximate surface area is 271 Å². The molecule has 1 unspecified atom stereocenters. The fourth-order valence-electron chi connectivity index (χ4n) is 7.61. The number of aliphatic imine (C=N–C) groups is 1. The highest BCUT2D eigenvalue weighted by molar-refractivity contribution is 6.17. The van der Waals surface area contributed by atoms with Crippen molar-refractivity contribution < 1.29 is 4.42 Å². The van der Waals surface area contributed by atoms with Crippen LogP contribution in [-0.2, 0) is 0 Å². The highest BCUT2D eigenvalue weighted by atomic mass is 16.3. The third-order valence-corrected chi connectivity index (χ3v) is 9.69. The number of rotatable bonds is 4. The van der Waals surface area contributed by atoms with Crippen LogP contribution in [0.5, 0.6) is 0 Å². The number of allylic oxidation sites excluding steroid dienone is 2. The summed E-state index contributed by atoms with van der Waals surface area (Å²) in [4.78, 5) is 7.55. The number of nitrogens with zero attached hydrogens (tertiary/aromatic N) is 3. The predicted octanol–water partition coefficient (Wildman–Crippen LogP) is 10.5. The minimum absolute atomic E-state index is 0.102. The van der Waals surface area contributed by atoms with Gasteiger partial charge in [0.05, 0.1) is 28.8 Å². The Bertz CT molecular complexity index is 2530. The summed E-state index contributed by atoms with van der Waals surface area (Å²) in [5, 5.41) is 4.71. The van der Waals surface area contributed by atoms with Gasteiger partial charge in [0.25, 0.3) is 0 Å². The van der Waals surface area contributed by atoms with Gasteiger partial charge < -0.3 is 13.9 Å². The van der Waals surface area contributed by atoms with Crippen molar-refractivity contribution in [2.24, 2.45) is 4.99 Å². The molecule has 2 atom stereocenters. The summed E-state index contributed by atoms with van der Waals surface area (Å²) in [6.07, 6.45) is 8.67. The van der Waals surface area contributed by atoms with Crippen molar-refractivity contribution in [1.29, 1.82) is 0 Å². The zero-order chi connectivity index (χ0) is 30.9. The van der Waals surface area contributed by atoms with Crippen molar-refractivity contribution in [3.8, 4) is 16.8 Å². The minimum Gasteiger partial charge on any atom is -0.454 e. The van der Waals surface area contributed by atoms with Crippen molar-refractivity contribution in [3.05, 3.63) is 169 Å². The summed E-state index contributed by atoms with van der Waals surface area (Å²) in [5.41, 5.74) is 9.70. The van der Waals surface area contributed by atoms with Gasteiger partial charge in [-0.2, -0.15) is 0 Å². The Morgan fingerprint density at radius 2 is 1.21 bits per heavy atom. The molecular formula is C43H29N3O. The maximum Gasteiger partial charge on any atom is 0.159 e. The van der Waals surface area contributed by atoms with Gasteiger partial charge in [0.15, 0.2) is 5.58 Å². The number of fused-ring (bicyclic) bond motifs is 7. The quantitative estimate of drug-likeness (QED) is 0.201. The van der Waals surface area contributed by atoms with Crippen molar-refractivity contribution >= 4 is 55.3 Å². The predicted molar refractivity (Wildman–Crippen MR) is 195 cm³/mol. The van der Waals surface area contributed by atoms with Crippen molar-refractivity contribution in [2.75, 3.05) is 4.90 Å². The van der Waals surface area contributed by atoms with Crippen LogP contribution >= 0.6 is 0 Å². The van der Waals surface area contributed by atoms with E-state index in [1.54, 1.807) is 0 Å². The topological polar surface area (TPSA) is 33.7 Å². The molecule has 0 radical (unpaired) electrons. The Kier molecular flexibility index (Phi) is 5.67. The standard InChI is InChI=1S/C43H29N3O/c1-2-12-30(13-3-1)45-38-21-9-6-18-35(38)44-43(45)29-26-24-28(25-27-29)31-16-11-23-40-41(31)34-17-10-22-39(42(34)47-40)46-36-19-7-4-14-32(36)33-15-5-8-20-37(33)46/h1-27,35,38H/t35?,38-/m0/s1. The van der Waals surface area contributed by atoms with Crippen LogP contribution in [0.3, 0.4) is 0 Å². The summed E-state index contributed by atoms with van der Waals surface area (Å²) in [6.45, 7) is 0. The molecule has 0 fully saturated rings. The van der Waals surface area contributed by atoms with Crippen LogP contribution in [-0.4, -0.2) is 22.5 Å². The Morgan fingerprint density at radius 3 is 2.00 bits per heavy atom. The van der Waals surface area contributed by atoms with Gasteiger partial charge in [-0.05, 0) is 47.5 Å². The van der Waals surface area contributed by atoms with Gasteiger partial charge in [-0.3, -0.25) is 4.99 Å². The number of para-hydroxylation sites is 4. The lowest BCUT2D eigenvalue weighted by Gasteiger charge is -2.29. The number of hydrogen-bond acceptors (Lipinski definition) is 3. The zero-order valence-electron chi connectivity index (χ0n) is 25.5. The zero-order valence-corrected chi connectivity index (χ0v) is 25.5. The molecule has 4 heteroatoms. The molecule has 10 rings (SSSR count). The molecule has 4 nitrogen and oxygen atoms in total.